The fourth-order valence-electron chi connectivity index (χ4n) is 3.70. The van der Waals surface area contributed by atoms with E-state index in [0.29, 0.717) is 28.8 Å². The zero-order chi connectivity index (χ0) is 20.8. The van der Waals surface area contributed by atoms with Crippen LogP contribution in [0, 0.1) is 0 Å². The molecule has 3 heterocycles. The lowest BCUT2D eigenvalue weighted by atomic mass is 9.94. The predicted octanol–water partition coefficient (Wildman–Crippen LogP) is 1.95. The van der Waals surface area contributed by atoms with Gasteiger partial charge in [-0.1, -0.05) is 30.3 Å². The molecule has 2 aromatic heterocycles. The zero-order valence-corrected chi connectivity index (χ0v) is 17.1. The molecule has 0 fully saturated rings. The molecule has 0 atom stereocenters. The predicted molar refractivity (Wildman–Crippen MR) is 111 cm³/mol. The van der Waals surface area contributed by atoms with Crippen molar-refractivity contribution in [2.75, 3.05) is 6.61 Å². The average molecular weight is 414 g/mol. The van der Waals surface area contributed by atoms with Gasteiger partial charge in [0, 0.05) is 16.9 Å². The third-order valence-electron chi connectivity index (χ3n) is 5.16. The van der Waals surface area contributed by atoms with Crippen LogP contribution < -0.4 is 11.2 Å². The molecule has 29 heavy (non-hydrogen) atoms. The van der Waals surface area contributed by atoms with Gasteiger partial charge in [-0.25, -0.2) is 4.79 Å². The van der Waals surface area contributed by atoms with Gasteiger partial charge in [0.15, 0.2) is 5.78 Å². The van der Waals surface area contributed by atoms with E-state index < -0.39 is 16.9 Å². The minimum Gasteiger partial charge on any atom is -0.395 e. The molecule has 0 spiro atoms. The maximum absolute atomic E-state index is 13.1. The Labute approximate surface area is 170 Å². The van der Waals surface area contributed by atoms with Crippen LogP contribution in [0.1, 0.15) is 34.6 Å². The lowest BCUT2D eigenvalue weighted by Gasteiger charge is -2.29. The highest BCUT2D eigenvalue weighted by molar-refractivity contribution is 7.18. The van der Waals surface area contributed by atoms with Gasteiger partial charge in [-0.05, 0) is 19.4 Å². The molecule has 4 rings (SSSR count). The summed E-state index contributed by atoms with van der Waals surface area (Å²) in [4.78, 5) is 40.3. The molecule has 0 unspecified atom stereocenters. The normalized spacial score (nSPS) is 15.4. The summed E-state index contributed by atoms with van der Waals surface area (Å²) in [6.07, 6.45) is 0.543. The van der Waals surface area contributed by atoms with Crippen molar-refractivity contribution in [3.05, 3.63) is 67.2 Å². The van der Waals surface area contributed by atoms with Gasteiger partial charge in [-0.15, -0.1) is 11.3 Å². The molecule has 0 bridgehead atoms. The van der Waals surface area contributed by atoms with Gasteiger partial charge in [-0.2, -0.15) is 0 Å². The summed E-state index contributed by atoms with van der Waals surface area (Å²) in [5.74, 6) is -0.217. The molecule has 1 aliphatic heterocycles. The Bertz CT molecular complexity index is 1200. The number of benzene rings is 1. The number of hydrogen-bond acceptors (Lipinski definition) is 6. The molecular formula is C21H22N2O5S. The van der Waals surface area contributed by atoms with Crippen molar-refractivity contribution in [2.24, 2.45) is 0 Å². The Balaban J connectivity index is 1.94. The summed E-state index contributed by atoms with van der Waals surface area (Å²) in [5.41, 5.74) is -0.0508. The molecule has 152 valence electrons. The maximum atomic E-state index is 13.1. The first-order chi connectivity index (χ1) is 13.8. The van der Waals surface area contributed by atoms with Crippen LogP contribution in [0.2, 0.25) is 0 Å². The Morgan fingerprint density at radius 2 is 1.93 bits per heavy atom. The fraction of sp³-hybridized carbons (Fsp3) is 0.381. The smallest absolute Gasteiger partial charge is 0.332 e. The standard InChI is InChI=1S/C21H22N2O5S/c1-21(2)10-14-16(12-28-21)29-19-17(14)18(26)22(8-9-24)20(27)23(19)11-15(25)13-6-4-3-5-7-13/h3-7,24H,8-12H2,1-2H3. The van der Waals surface area contributed by atoms with Crippen molar-refractivity contribution in [1.82, 2.24) is 9.13 Å². The summed E-state index contributed by atoms with van der Waals surface area (Å²) in [5, 5.41) is 9.83. The number of fused-ring (bicyclic) bond motifs is 3. The minimum atomic E-state index is -0.584. The Morgan fingerprint density at radius 1 is 1.21 bits per heavy atom. The lowest BCUT2D eigenvalue weighted by Crippen LogP contribution is -2.42. The molecule has 0 saturated carbocycles. The Hall–Kier alpha value is -2.55. The van der Waals surface area contributed by atoms with E-state index in [1.54, 1.807) is 24.3 Å². The summed E-state index contributed by atoms with van der Waals surface area (Å²) in [6.45, 7) is 3.66. The van der Waals surface area contributed by atoms with Crippen LogP contribution in [0.4, 0.5) is 0 Å². The summed E-state index contributed by atoms with van der Waals surface area (Å²) in [6, 6.07) is 8.75. The lowest BCUT2D eigenvalue weighted by molar-refractivity contribution is -0.0379. The van der Waals surface area contributed by atoms with Crippen LogP contribution in [0.5, 0.6) is 0 Å². The van der Waals surface area contributed by atoms with E-state index in [-0.39, 0.29) is 25.5 Å². The number of rotatable bonds is 5. The number of ketones is 1. The first kappa shape index (κ1) is 19.8. The molecular weight excluding hydrogens is 392 g/mol. The minimum absolute atomic E-state index is 0.113. The Morgan fingerprint density at radius 3 is 2.62 bits per heavy atom. The number of nitrogens with zero attached hydrogens (tertiary/aromatic N) is 2. The van der Waals surface area contributed by atoms with Gasteiger partial charge < -0.3 is 9.84 Å². The molecule has 0 amide bonds. The van der Waals surface area contributed by atoms with Gasteiger partial charge in [0.05, 0.1) is 37.3 Å². The van der Waals surface area contributed by atoms with Crippen molar-refractivity contribution in [1.29, 1.82) is 0 Å². The van der Waals surface area contributed by atoms with Crippen LogP contribution in [-0.2, 0) is 30.9 Å². The molecule has 7 nitrogen and oxygen atoms in total. The number of carbonyl (C=O) groups excluding carboxylic acids is 1. The van der Waals surface area contributed by atoms with Crippen molar-refractivity contribution >= 4 is 27.3 Å². The third-order valence-corrected chi connectivity index (χ3v) is 6.38. The van der Waals surface area contributed by atoms with Gasteiger partial charge >= 0.3 is 5.69 Å². The van der Waals surface area contributed by atoms with E-state index in [1.807, 2.05) is 19.9 Å². The fourth-order valence-corrected chi connectivity index (χ4v) is 4.91. The molecule has 1 aromatic carbocycles. The van der Waals surface area contributed by atoms with Gasteiger partial charge in [0.2, 0.25) is 0 Å². The summed E-state index contributed by atoms with van der Waals surface area (Å²) in [7, 11) is 0. The topological polar surface area (TPSA) is 90.5 Å². The number of ether oxygens (including phenoxy) is 1. The second kappa shape index (κ2) is 7.37. The molecule has 1 N–H and O–H groups in total. The first-order valence-corrected chi connectivity index (χ1v) is 10.2. The second-order valence-electron chi connectivity index (χ2n) is 7.75. The number of thiophene rings is 1. The third kappa shape index (κ3) is 3.48. The number of Topliss-reactive ketones (excluding diaryl/α,β-unsaturated/α-hetero) is 1. The van der Waals surface area contributed by atoms with Gasteiger partial charge in [0.1, 0.15) is 4.83 Å². The average Bonchev–Trinajstić information content (AvgIpc) is 3.06. The second-order valence-corrected chi connectivity index (χ2v) is 8.83. The van der Waals surface area contributed by atoms with Crippen molar-refractivity contribution in [2.45, 2.75) is 45.6 Å². The van der Waals surface area contributed by atoms with E-state index in [0.717, 1.165) is 15.0 Å². The highest BCUT2D eigenvalue weighted by atomic mass is 32.1. The van der Waals surface area contributed by atoms with E-state index in [9.17, 15) is 19.5 Å². The highest BCUT2D eigenvalue weighted by Gasteiger charge is 2.32. The van der Waals surface area contributed by atoms with E-state index >= 15 is 0 Å². The van der Waals surface area contributed by atoms with Gasteiger partial charge in [0.25, 0.3) is 5.56 Å². The quantitative estimate of drug-likeness (QED) is 0.645. The number of aromatic nitrogens is 2. The van der Waals surface area contributed by atoms with Crippen LogP contribution in [0.25, 0.3) is 10.2 Å². The zero-order valence-electron chi connectivity index (χ0n) is 16.3. The van der Waals surface area contributed by atoms with Crippen LogP contribution >= 0.6 is 11.3 Å². The van der Waals surface area contributed by atoms with E-state index in [2.05, 4.69) is 0 Å². The number of hydrogen-bond donors (Lipinski definition) is 1. The van der Waals surface area contributed by atoms with Crippen LogP contribution in [0.3, 0.4) is 0 Å². The molecule has 3 aromatic rings. The summed E-state index contributed by atoms with van der Waals surface area (Å²) < 4.78 is 8.25. The van der Waals surface area contributed by atoms with Crippen molar-refractivity contribution < 1.29 is 14.6 Å². The van der Waals surface area contributed by atoms with Crippen LogP contribution in [0.15, 0.2) is 39.9 Å². The Kier molecular flexibility index (Phi) is 5.02. The number of aliphatic hydroxyl groups is 1. The van der Waals surface area contributed by atoms with Crippen LogP contribution in [-0.4, -0.2) is 32.2 Å². The van der Waals surface area contributed by atoms with Crippen molar-refractivity contribution in [3.8, 4) is 0 Å². The SMILES string of the molecule is CC1(C)Cc2c(sc3c2c(=O)n(CCO)c(=O)n3CC(=O)c2ccccc2)CO1. The largest absolute Gasteiger partial charge is 0.395 e. The molecule has 1 aliphatic rings. The molecule has 0 saturated heterocycles. The monoisotopic (exact) mass is 414 g/mol. The first-order valence-electron chi connectivity index (χ1n) is 9.43. The maximum Gasteiger partial charge on any atom is 0.332 e. The van der Waals surface area contributed by atoms with Gasteiger partial charge in [-0.3, -0.25) is 18.7 Å². The molecule has 8 heteroatoms. The molecule has 0 aliphatic carbocycles. The van der Waals surface area contributed by atoms with E-state index in [1.165, 1.54) is 15.9 Å². The number of carbonyl (C=O) groups is 1. The van der Waals surface area contributed by atoms with Crippen molar-refractivity contribution in [3.63, 3.8) is 0 Å². The number of aliphatic hydroxyl groups excluding tert-OH is 1. The summed E-state index contributed by atoms with van der Waals surface area (Å²) >= 11 is 1.33. The molecule has 0 radical (unpaired) electrons. The highest BCUT2D eigenvalue weighted by Crippen LogP contribution is 2.37. The van der Waals surface area contributed by atoms with E-state index in [4.69, 9.17) is 4.74 Å².